The van der Waals surface area contributed by atoms with Gasteiger partial charge in [0, 0.05) is 12.5 Å². The lowest BCUT2D eigenvalue weighted by Gasteiger charge is -2.29. The molecule has 0 unspecified atom stereocenters. The highest BCUT2D eigenvalue weighted by molar-refractivity contribution is 5.78. The normalized spacial score (nSPS) is 30.8. The van der Waals surface area contributed by atoms with Crippen LogP contribution in [0.4, 0.5) is 0 Å². The van der Waals surface area contributed by atoms with Gasteiger partial charge in [0.25, 0.3) is 0 Å². The van der Waals surface area contributed by atoms with Gasteiger partial charge in [-0.2, -0.15) is 0 Å². The molecule has 2 rings (SSSR count). The first-order chi connectivity index (χ1) is 7.79. The van der Waals surface area contributed by atoms with Crippen molar-refractivity contribution in [2.75, 3.05) is 13.1 Å². The van der Waals surface area contributed by atoms with Gasteiger partial charge in [-0.25, -0.2) is 0 Å². The minimum Gasteiger partial charge on any atom is -0.356 e. The van der Waals surface area contributed by atoms with E-state index in [1.54, 1.807) is 0 Å². The van der Waals surface area contributed by atoms with Crippen molar-refractivity contribution in [1.82, 2.24) is 5.32 Å². The standard InChI is InChI=1S/C13H24N2O/c14-8-10-4-6-12(7-5-10)13(16)15-9-11-2-1-3-11/h10-12H,1-9,14H2,(H,15,16). The average Bonchev–Trinajstić information content (AvgIpc) is 2.27. The van der Waals surface area contributed by atoms with Crippen LogP contribution in [-0.2, 0) is 4.79 Å². The van der Waals surface area contributed by atoms with Crippen LogP contribution in [0.25, 0.3) is 0 Å². The first kappa shape index (κ1) is 11.9. The Morgan fingerprint density at radius 3 is 2.25 bits per heavy atom. The van der Waals surface area contributed by atoms with Crippen LogP contribution < -0.4 is 11.1 Å². The van der Waals surface area contributed by atoms with Crippen LogP contribution in [0, 0.1) is 17.8 Å². The number of rotatable bonds is 4. The van der Waals surface area contributed by atoms with Gasteiger partial charge in [-0.1, -0.05) is 6.42 Å². The van der Waals surface area contributed by atoms with Crippen LogP contribution in [0.5, 0.6) is 0 Å². The third-order valence-electron chi connectivity index (χ3n) is 4.34. The largest absolute Gasteiger partial charge is 0.356 e. The Balaban J connectivity index is 1.65. The SMILES string of the molecule is NCC1CCC(C(=O)NCC2CCC2)CC1. The second kappa shape index (κ2) is 5.67. The summed E-state index contributed by atoms with van der Waals surface area (Å²) in [6.07, 6.45) is 8.31. The molecule has 2 aliphatic carbocycles. The first-order valence-corrected chi connectivity index (χ1v) is 6.77. The smallest absolute Gasteiger partial charge is 0.223 e. The van der Waals surface area contributed by atoms with Gasteiger partial charge in [-0.15, -0.1) is 0 Å². The van der Waals surface area contributed by atoms with Crippen LogP contribution in [0.15, 0.2) is 0 Å². The minimum atomic E-state index is 0.267. The number of nitrogens with two attached hydrogens (primary N) is 1. The summed E-state index contributed by atoms with van der Waals surface area (Å²) in [7, 11) is 0. The maximum Gasteiger partial charge on any atom is 0.223 e. The fourth-order valence-electron chi connectivity index (χ4n) is 2.75. The molecule has 0 radical (unpaired) electrons. The van der Waals surface area contributed by atoms with Crippen molar-refractivity contribution in [3.8, 4) is 0 Å². The third-order valence-corrected chi connectivity index (χ3v) is 4.34. The highest BCUT2D eigenvalue weighted by Gasteiger charge is 2.26. The lowest BCUT2D eigenvalue weighted by atomic mass is 9.81. The van der Waals surface area contributed by atoms with Gasteiger partial charge in [0.2, 0.25) is 5.91 Å². The zero-order valence-corrected chi connectivity index (χ0v) is 10.1. The Morgan fingerprint density at radius 2 is 1.75 bits per heavy atom. The number of hydrogen-bond donors (Lipinski definition) is 2. The Hall–Kier alpha value is -0.570. The van der Waals surface area contributed by atoms with E-state index in [1.165, 1.54) is 19.3 Å². The van der Waals surface area contributed by atoms with E-state index in [-0.39, 0.29) is 5.92 Å². The zero-order chi connectivity index (χ0) is 11.4. The Labute approximate surface area is 98.2 Å². The first-order valence-electron chi connectivity index (χ1n) is 6.77. The van der Waals surface area contributed by atoms with E-state index in [2.05, 4.69) is 5.32 Å². The lowest BCUT2D eigenvalue weighted by Crippen LogP contribution is -2.38. The van der Waals surface area contributed by atoms with E-state index in [9.17, 15) is 4.79 Å². The molecule has 92 valence electrons. The van der Waals surface area contributed by atoms with Crippen molar-refractivity contribution in [2.45, 2.75) is 44.9 Å². The Morgan fingerprint density at radius 1 is 1.06 bits per heavy atom. The fourth-order valence-corrected chi connectivity index (χ4v) is 2.75. The molecule has 3 heteroatoms. The van der Waals surface area contributed by atoms with Gasteiger partial charge in [0.1, 0.15) is 0 Å². The molecule has 0 aliphatic heterocycles. The molecule has 1 amide bonds. The maximum absolute atomic E-state index is 11.9. The molecule has 0 atom stereocenters. The third kappa shape index (κ3) is 2.97. The van der Waals surface area contributed by atoms with Crippen LogP contribution in [0.1, 0.15) is 44.9 Å². The summed E-state index contributed by atoms with van der Waals surface area (Å²) in [4.78, 5) is 11.9. The second-order valence-electron chi connectivity index (χ2n) is 5.50. The lowest BCUT2D eigenvalue weighted by molar-refractivity contribution is -0.126. The van der Waals surface area contributed by atoms with Crippen LogP contribution in [0.2, 0.25) is 0 Å². The number of nitrogens with one attached hydrogen (secondary N) is 1. The molecule has 2 aliphatic rings. The molecule has 2 saturated carbocycles. The van der Waals surface area contributed by atoms with Gasteiger partial charge in [-0.3, -0.25) is 4.79 Å². The van der Waals surface area contributed by atoms with Gasteiger partial charge in [0.15, 0.2) is 0 Å². The van der Waals surface area contributed by atoms with E-state index < -0.39 is 0 Å². The van der Waals surface area contributed by atoms with E-state index in [1.807, 2.05) is 0 Å². The van der Waals surface area contributed by atoms with E-state index in [4.69, 9.17) is 5.73 Å². The van der Waals surface area contributed by atoms with E-state index >= 15 is 0 Å². The molecule has 0 bridgehead atoms. The molecule has 0 heterocycles. The minimum absolute atomic E-state index is 0.267. The van der Waals surface area contributed by atoms with Gasteiger partial charge >= 0.3 is 0 Å². The van der Waals surface area contributed by atoms with Crippen LogP contribution in [-0.4, -0.2) is 19.0 Å². The topological polar surface area (TPSA) is 55.1 Å². The highest BCUT2D eigenvalue weighted by Crippen LogP contribution is 2.29. The highest BCUT2D eigenvalue weighted by atomic mass is 16.1. The van der Waals surface area contributed by atoms with Crippen molar-refractivity contribution in [2.24, 2.45) is 23.5 Å². The summed E-state index contributed by atoms with van der Waals surface area (Å²) in [5.74, 6) is 1.99. The molecular formula is C13H24N2O. The van der Waals surface area contributed by atoms with Crippen molar-refractivity contribution >= 4 is 5.91 Å². The molecule has 0 aromatic carbocycles. The second-order valence-corrected chi connectivity index (χ2v) is 5.50. The van der Waals surface area contributed by atoms with Crippen LogP contribution in [0.3, 0.4) is 0 Å². The Kier molecular flexibility index (Phi) is 4.22. The fraction of sp³-hybridized carbons (Fsp3) is 0.923. The van der Waals surface area contributed by atoms with E-state index in [0.29, 0.717) is 11.8 Å². The predicted octanol–water partition coefficient (Wildman–Crippen LogP) is 1.67. The number of carbonyl (C=O) groups is 1. The molecular weight excluding hydrogens is 200 g/mol. The number of hydrogen-bond acceptors (Lipinski definition) is 2. The molecule has 3 nitrogen and oxygen atoms in total. The molecule has 0 spiro atoms. The summed E-state index contributed by atoms with van der Waals surface area (Å²) in [6.45, 7) is 1.70. The van der Waals surface area contributed by atoms with Gasteiger partial charge in [-0.05, 0) is 56.9 Å². The summed E-state index contributed by atoms with van der Waals surface area (Å²) in [6, 6.07) is 0. The summed E-state index contributed by atoms with van der Waals surface area (Å²) >= 11 is 0. The monoisotopic (exact) mass is 224 g/mol. The molecule has 0 aromatic heterocycles. The maximum atomic E-state index is 11.9. The molecule has 16 heavy (non-hydrogen) atoms. The summed E-state index contributed by atoms with van der Waals surface area (Å²) in [5.41, 5.74) is 5.65. The van der Waals surface area contributed by atoms with Crippen molar-refractivity contribution in [3.05, 3.63) is 0 Å². The summed E-state index contributed by atoms with van der Waals surface area (Å²) in [5, 5.41) is 3.12. The van der Waals surface area contributed by atoms with Crippen LogP contribution >= 0.6 is 0 Å². The van der Waals surface area contributed by atoms with Gasteiger partial charge < -0.3 is 11.1 Å². The summed E-state index contributed by atoms with van der Waals surface area (Å²) < 4.78 is 0. The van der Waals surface area contributed by atoms with Crippen molar-refractivity contribution in [1.29, 1.82) is 0 Å². The molecule has 2 fully saturated rings. The average molecular weight is 224 g/mol. The molecule has 3 N–H and O–H groups in total. The van der Waals surface area contributed by atoms with E-state index in [0.717, 1.165) is 44.7 Å². The zero-order valence-electron chi connectivity index (χ0n) is 10.1. The van der Waals surface area contributed by atoms with Crippen molar-refractivity contribution in [3.63, 3.8) is 0 Å². The Bertz CT molecular complexity index is 230. The van der Waals surface area contributed by atoms with Crippen molar-refractivity contribution < 1.29 is 4.79 Å². The number of amides is 1. The quantitative estimate of drug-likeness (QED) is 0.763. The molecule has 0 saturated heterocycles. The molecule has 0 aromatic rings. The van der Waals surface area contributed by atoms with Gasteiger partial charge in [0.05, 0.1) is 0 Å². The predicted molar refractivity (Wildman–Crippen MR) is 64.9 cm³/mol. The number of carbonyl (C=O) groups excluding carboxylic acids is 1.